The van der Waals surface area contributed by atoms with Gasteiger partial charge in [-0.25, -0.2) is 18.4 Å². The first-order valence-corrected chi connectivity index (χ1v) is 7.53. The third-order valence-corrected chi connectivity index (χ3v) is 3.92. The molecule has 0 unspecified atom stereocenters. The van der Waals surface area contributed by atoms with E-state index in [-0.39, 0.29) is 10.6 Å². The summed E-state index contributed by atoms with van der Waals surface area (Å²) in [5, 5.41) is 7.50. The number of primary sulfonamides is 1. The number of carbonyl (C=O) groups excluding carboxylic acids is 1. The molecule has 0 radical (unpaired) electrons. The van der Waals surface area contributed by atoms with Crippen LogP contribution in [-0.2, 0) is 10.0 Å². The minimum Gasteiger partial charge on any atom is -0.320 e. The second kappa shape index (κ2) is 5.23. The summed E-state index contributed by atoms with van der Waals surface area (Å²) in [7, 11) is -3.81. The Bertz CT molecular complexity index is 824. The number of nitrogens with one attached hydrogen (secondary N) is 3. The van der Waals surface area contributed by atoms with Crippen LogP contribution < -0.4 is 16.1 Å². The fraction of sp³-hybridized carbons (Fsp3) is 0. The molecule has 0 spiro atoms. The number of nitrogens with two attached hydrogens (primary N) is 1. The molecule has 0 saturated carbocycles. The lowest BCUT2D eigenvalue weighted by Gasteiger charge is -2.07. The van der Waals surface area contributed by atoms with E-state index in [4.69, 9.17) is 5.14 Å². The highest BCUT2D eigenvalue weighted by Crippen LogP contribution is 2.25. The summed E-state index contributed by atoms with van der Waals surface area (Å²) >= 11 is 3.13. The lowest BCUT2D eigenvalue weighted by atomic mass is 10.3. The van der Waals surface area contributed by atoms with E-state index in [1.54, 1.807) is 0 Å². The number of sulfonamides is 1. The fourth-order valence-corrected chi connectivity index (χ4v) is 2.59. The SMILES string of the molecule is NS(=O)(=O)c1ccc(NC(=O)c2c[nH]c(=O)[nH]2)c(Br)c1. The molecule has 1 aromatic heterocycles. The molecule has 0 bridgehead atoms. The van der Waals surface area contributed by atoms with Gasteiger partial charge in [-0.15, -0.1) is 0 Å². The van der Waals surface area contributed by atoms with Crippen molar-refractivity contribution in [2.45, 2.75) is 4.90 Å². The van der Waals surface area contributed by atoms with Crippen LogP contribution in [0.1, 0.15) is 10.5 Å². The maximum absolute atomic E-state index is 11.8. The summed E-state index contributed by atoms with van der Waals surface area (Å²) in [6.45, 7) is 0. The van der Waals surface area contributed by atoms with Crippen molar-refractivity contribution in [3.8, 4) is 0 Å². The van der Waals surface area contributed by atoms with Crippen LogP contribution in [0.4, 0.5) is 5.69 Å². The number of halogens is 1. The lowest BCUT2D eigenvalue weighted by molar-refractivity contribution is 0.102. The van der Waals surface area contributed by atoms with Crippen LogP contribution in [0.5, 0.6) is 0 Å². The zero-order valence-corrected chi connectivity index (χ0v) is 12.2. The largest absolute Gasteiger partial charge is 0.323 e. The summed E-state index contributed by atoms with van der Waals surface area (Å²) in [5.41, 5.74) is -0.110. The fourth-order valence-electron chi connectivity index (χ4n) is 1.42. The molecule has 0 atom stereocenters. The number of rotatable bonds is 3. The van der Waals surface area contributed by atoms with Gasteiger partial charge in [-0.05, 0) is 34.1 Å². The predicted octanol–water partition coefficient (Wildman–Crippen LogP) is 0.365. The summed E-state index contributed by atoms with van der Waals surface area (Å²) in [6, 6.07) is 3.91. The molecule has 10 heteroatoms. The molecule has 5 N–H and O–H groups in total. The van der Waals surface area contributed by atoms with E-state index in [0.29, 0.717) is 10.2 Å². The molecule has 0 aliphatic carbocycles. The Morgan fingerprint density at radius 3 is 2.55 bits per heavy atom. The Balaban J connectivity index is 2.27. The third-order valence-electron chi connectivity index (χ3n) is 2.36. The molecular formula is C10H9BrN4O4S. The first-order valence-electron chi connectivity index (χ1n) is 5.19. The maximum atomic E-state index is 11.8. The molecule has 0 aliphatic heterocycles. The van der Waals surface area contributed by atoms with Gasteiger partial charge in [0.2, 0.25) is 10.0 Å². The Morgan fingerprint density at radius 2 is 2.05 bits per heavy atom. The van der Waals surface area contributed by atoms with Crippen LogP contribution in [-0.4, -0.2) is 24.3 Å². The van der Waals surface area contributed by atoms with Crippen LogP contribution in [0.25, 0.3) is 0 Å². The standard InChI is InChI=1S/C10H9BrN4O4S/c11-6-3-5(20(12,18)19)1-2-7(6)14-9(16)8-4-13-10(17)15-8/h1-4H,(H,14,16)(H2,12,18,19)(H2,13,15,17). The molecule has 1 amide bonds. The Morgan fingerprint density at radius 1 is 1.35 bits per heavy atom. The molecule has 0 fully saturated rings. The molecule has 20 heavy (non-hydrogen) atoms. The monoisotopic (exact) mass is 360 g/mol. The van der Waals surface area contributed by atoms with E-state index in [0.717, 1.165) is 0 Å². The van der Waals surface area contributed by atoms with Gasteiger partial charge in [0, 0.05) is 10.7 Å². The number of carbonyl (C=O) groups is 1. The average molecular weight is 361 g/mol. The Labute approximate surface area is 121 Å². The van der Waals surface area contributed by atoms with E-state index in [2.05, 4.69) is 31.2 Å². The maximum Gasteiger partial charge on any atom is 0.323 e. The second-order valence-corrected chi connectivity index (χ2v) is 6.21. The van der Waals surface area contributed by atoms with E-state index in [1.807, 2.05) is 0 Å². The first kappa shape index (κ1) is 14.5. The number of aromatic nitrogens is 2. The molecule has 8 nitrogen and oxygen atoms in total. The van der Waals surface area contributed by atoms with Crippen LogP contribution in [0, 0.1) is 0 Å². The highest BCUT2D eigenvalue weighted by atomic mass is 79.9. The van der Waals surface area contributed by atoms with Crippen molar-refractivity contribution in [1.29, 1.82) is 0 Å². The zero-order valence-electron chi connectivity index (χ0n) is 9.81. The van der Waals surface area contributed by atoms with Crippen molar-refractivity contribution in [2.75, 3.05) is 5.32 Å². The first-order chi connectivity index (χ1) is 9.27. The van der Waals surface area contributed by atoms with Crippen LogP contribution in [0.3, 0.4) is 0 Å². The van der Waals surface area contributed by atoms with Crippen molar-refractivity contribution in [2.24, 2.45) is 5.14 Å². The van der Waals surface area contributed by atoms with E-state index >= 15 is 0 Å². The molecule has 2 aromatic rings. The molecule has 1 aromatic carbocycles. The zero-order chi connectivity index (χ0) is 14.9. The summed E-state index contributed by atoms with van der Waals surface area (Å²) in [4.78, 5) is 27.2. The minimum atomic E-state index is -3.81. The van der Waals surface area contributed by atoms with Crippen LogP contribution in [0.2, 0.25) is 0 Å². The topological polar surface area (TPSA) is 138 Å². The number of hydrogen-bond acceptors (Lipinski definition) is 4. The van der Waals surface area contributed by atoms with Crippen molar-refractivity contribution in [1.82, 2.24) is 9.97 Å². The van der Waals surface area contributed by atoms with E-state index < -0.39 is 21.6 Å². The smallest absolute Gasteiger partial charge is 0.320 e. The number of H-pyrrole nitrogens is 2. The van der Waals surface area contributed by atoms with Crippen LogP contribution in [0.15, 0.2) is 38.6 Å². The normalized spacial score (nSPS) is 11.3. The van der Waals surface area contributed by atoms with E-state index in [1.165, 1.54) is 24.4 Å². The van der Waals surface area contributed by atoms with Gasteiger partial charge in [0.15, 0.2) is 0 Å². The summed E-state index contributed by atoms with van der Waals surface area (Å²) in [6.07, 6.45) is 1.23. The predicted molar refractivity (Wildman–Crippen MR) is 74.9 cm³/mol. The van der Waals surface area contributed by atoms with Gasteiger partial charge < -0.3 is 15.3 Å². The number of benzene rings is 1. The quantitative estimate of drug-likeness (QED) is 0.627. The molecule has 0 saturated heterocycles. The van der Waals surface area contributed by atoms with Gasteiger partial charge in [-0.1, -0.05) is 0 Å². The van der Waals surface area contributed by atoms with Crippen molar-refractivity contribution in [3.05, 3.63) is 45.0 Å². The number of hydrogen-bond donors (Lipinski definition) is 4. The highest BCUT2D eigenvalue weighted by molar-refractivity contribution is 9.10. The molecule has 0 aliphatic rings. The van der Waals surface area contributed by atoms with Crippen molar-refractivity contribution in [3.63, 3.8) is 0 Å². The van der Waals surface area contributed by atoms with Crippen molar-refractivity contribution >= 4 is 37.5 Å². The van der Waals surface area contributed by atoms with Gasteiger partial charge in [-0.2, -0.15) is 0 Å². The molecular weight excluding hydrogens is 352 g/mol. The van der Waals surface area contributed by atoms with Crippen LogP contribution >= 0.6 is 15.9 Å². The number of anilines is 1. The molecule has 106 valence electrons. The van der Waals surface area contributed by atoms with E-state index in [9.17, 15) is 18.0 Å². The Hall–Kier alpha value is -1.91. The summed E-state index contributed by atoms with van der Waals surface area (Å²) in [5.74, 6) is -0.549. The summed E-state index contributed by atoms with van der Waals surface area (Å²) < 4.78 is 22.7. The van der Waals surface area contributed by atoms with Crippen molar-refractivity contribution < 1.29 is 13.2 Å². The van der Waals surface area contributed by atoms with Gasteiger partial charge in [0.1, 0.15) is 5.69 Å². The number of amides is 1. The number of aromatic amines is 2. The lowest BCUT2D eigenvalue weighted by Crippen LogP contribution is -2.15. The van der Waals surface area contributed by atoms with Gasteiger partial charge in [0.25, 0.3) is 5.91 Å². The highest BCUT2D eigenvalue weighted by Gasteiger charge is 2.13. The van der Waals surface area contributed by atoms with Gasteiger partial charge >= 0.3 is 5.69 Å². The second-order valence-electron chi connectivity index (χ2n) is 3.80. The number of imidazole rings is 1. The molecule has 2 rings (SSSR count). The Kier molecular flexibility index (Phi) is 3.79. The van der Waals surface area contributed by atoms with Gasteiger partial charge in [-0.3, -0.25) is 4.79 Å². The minimum absolute atomic E-state index is 0.0532. The average Bonchev–Trinajstić information content (AvgIpc) is 2.77. The van der Waals surface area contributed by atoms with Gasteiger partial charge in [0.05, 0.1) is 10.6 Å². The molecule has 1 heterocycles. The third kappa shape index (κ3) is 3.15.